The van der Waals surface area contributed by atoms with Crippen LogP contribution in [0.4, 0.5) is 0 Å². The van der Waals surface area contributed by atoms with Crippen molar-refractivity contribution in [1.29, 1.82) is 0 Å². The average molecular weight is 165 g/mol. The summed E-state index contributed by atoms with van der Waals surface area (Å²) in [6.45, 7) is 6.63. The van der Waals surface area contributed by atoms with Crippen molar-refractivity contribution in [2.75, 3.05) is 0 Å². The van der Waals surface area contributed by atoms with E-state index in [1.54, 1.807) is 0 Å². The van der Waals surface area contributed by atoms with Crippen LogP contribution >= 0.6 is 0 Å². The van der Waals surface area contributed by atoms with E-state index < -0.39 is 0 Å². The second-order valence-corrected chi connectivity index (χ2v) is 3.68. The number of hydrogen-bond acceptors (Lipinski definition) is 1. The minimum Gasteiger partial charge on any atom is -0.265 e. The molecule has 1 heteroatoms. The molecular formula is C11H19N. The number of rotatable bonds is 2. The molecule has 68 valence electrons. The van der Waals surface area contributed by atoms with Crippen LogP contribution in [0.2, 0.25) is 0 Å². The summed E-state index contributed by atoms with van der Waals surface area (Å²) in [5.74, 6) is 0.682. The predicted molar refractivity (Wildman–Crippen MR) is 54.5 cm³/mol. The van der Waals surface area contributed by atoms with Gasteiger partial charge in [0.2, 0.25) is 0 Å². The third-order valence-corrected chi connectivity index (χ3v) is 2.51. The molecule has 0 bridgehead atoms. The molecule has 0 amide bonds. The monoisotopic (exact) mass is 165 g/mol. The van der Waals surface area contributed by atoms with Crippen molar-refractivity contribution in [3.05, 3.63) is 11.3 Å². The summed E-state index contributed by atoms with van der Waals surface area (Å²) in [7, 11) is 0. The van der Waals surface area contributed by atoms with E-state index in [1.165, 1.54) is 30.5 Å². The van der Waals surface area contributed by atoms with Gasteiger partial charge < -0.3 is 0 Å². The van der Waals surface area contributed by atoms with Crippen LogP contribution in [0.1, 0.15) is 46.5 Å². The summed E-state index contributed by atoms with van der Waals surface area (Å²) in [5.41, 5.74) is 2.85. The molecule has 0 N–H and O–H groups in total. The Morgan fingerprint density at radius 2 is 2.33 bits per heavy atom. The fourth-order valence-electron chi connectivity index (χ4n) is 1.79. The Morgan fingerprint density at radius 1 is 1.58 bits per heavy atom. The standard InChI is InChI=1S/C11H19N/c1-4-8-12-11-9(2)6-5-7-10(11)3/h8-9H,4-7H2,1-3H3. The van der Waals surface area contributed by atoms with Crippen LogP contribution in [-0.2, 0) is 0 Å². The maximum Gasteiger partial charge on any atom is 0.0417 e. The van der Waals surface area contributed by atoms with Gasteiger partial charge in [-0.25, -0.2) is 0 Å². The van der Waals surface area contributed by atoms with Crippen molar-refractivity contribution < 1.29 is 0 Å². The van der Waals surface area contributed by atoms with Crippen molar-refractivity contribution in [3.8, 4) is 0 Å². The molecule has 0 saturated carbocycles. The van der Waals surface area contributed by atoms with Gasteiger partial charge in [0.05, 0.1) is 0 Å². The van der Waals surface area contributed by atoms with Crippen LogP contribution in [0.25, 0.3) is 0 Å². The van der Waals surface area contributed by atoms with Crippen molar-refractivity contribution in [1.82, 2.24) is 0 Å². The first-order chi connectivity index (χ1) is 5.75. The largest absolute Gasteiger partial charge is 0.265 e. The van der Waals surface area contributed by atoms with Gasteiger partial charge in [0.15, 0.2) is 0 Å². The van der Waals surface area contributed by atoms with Crippen molar-refractivity contribution in [3.63, 3.8) is 0 Å². The van der Waals surface area contributed by atoms with E-state index in [0.29, 0.717) is 5.92 Å². The van der Waals surface area contributed by atoms with E-state index in [4.69, 9.17) is 0 Å². The van der Waals surface area contributed by atoms with Crippen LogP contribution in [0.15, 0.2) is 16.3 Å². The maximum absolute atomic E-state index is 4.52. The van der Waals surface area contributed by atoms with Gasteiger partial charge in [-0.2, -0.15) is 0 Å². The lowest BCUT2D eigenvalue weighted by Crippen LogP contribution is -2.06. The van der Waals surface area contributed by atoms with Gasteiger partial charge in [0.1, 0.15) is 0 Å². The Morgan fingerprint density at radius 3 is 2.92 bits per heavy atom. The summed E-state index contributed by atoms with van der Waals surface area (Å²) >= 11 is 0. The van der Waals surface area contributed by atoms with Gasteiger partial charge in [-0.3, -0.25) is 4.99 Å². The van der Waals surface area contributed by atoms with Crippen molar-refractivity contribution >= 4 is 6.21 Å². The number of allylic oxidation sites excluding steroid dienone is 2. The molecule has 1 aliphatic rings. The Hall–Kier alpha value is -0.590. The van der Waals surface area contributed by atoms with Gasteiger partial charge in [-0.15, -0.1) is 0 Å². The number of nitrogens with zero attached hydrogens (tertiary/aromatic N) is 1. The lowest BCUT2D eigenvalue weighted by molar-refractivity contribution is 0.530. The van der Waals surface area contributed by atoms with E-state index >= 15 is 0 Å². The molecule has 0 heterocycles. The molecule has 12 heavy (non-hydrogen) atoms. The van der Waals surface area contributed by atoms with Crippen LogP contribution in [0.5, 0.6) is 0 Å². The maximum atomic E-state index is 4.52. The summed E-state index contributed by atoms with van der Waals surface area (Å²) < 4.78 is 0. The average Bonchev–Trinajstić information content (AvgIpc) is 2.04. The highest BCUT2D eigenvalue weighted by Crippen LogP contribution is 2.29. The Kier molecular flexibility index (Phi) is 3.51. The summed E-state index contributed by atoms with van der Waals surface area (Å²) in [5, 5.41) is 0. The Labute approximate surface area is 75.6 Å². The number of hydrogen-bond donors (Lipinski definition) is 0. The minimum absolute atomic E-state index is 0.682. The Balaban J connectivity index is 2.74. The summed E-state index contributed by atoms with van der Waals surface area (Å²) in [6, 6.07) is 0. The van der Waals surface area contributed by atoms with Gasteiger partial charge in [-0.05, 0) is 38.5 Å². The molecule has 1 aliphatic carbocycles. The van der Waals surface area contributed by atoms with E-state index in [9.17, 15) is 0 Å². The lowest BCUT2D eigenvalue weighted by Gasteiger charge is -2.20. The summed E-state index contributed by atoms with van der Waals surface area (Å²) in [6.07, 6.45) is 6.98. The SMILES string of the molecule is CCC=NC1=C(C)CCCC1C. The summed E-state index contributed by atoms with van der Waals surface area (Å²) in [4.78, 5) is 4.52. The smallest absolute Gasteiger partial charge is 0.0417 e. The first-order valence-electron chi connectivity index (χ1n) is 4.97. The first-order valence-corrected chi connectivity index (χ1v) is 4.97. The van der Waals surface area contributed by atoms with Crippen LogP contribution in [0.3, 0.4) is 0 Å². The predicted octanol–water partition coefficient (Wildman–Crippen LogP) is 3.56. The van der Waals surface area contributed by atoms with E-state index in [2.05, 4.69) is 25.8 Å². The highest BCUT2D eigenvalue weighted by Gasteiger charge is 2.15. The third-order valence-electron chi connectivity index (χ3n) is 2.51. The van der Waals surface area contributed by atoms with Gasteiger partial charge in [0, 0.05) is 11.9 Å². The van der Waals surface area contributed by atoms with E-state index in [-0.39, 0.29) is 0 Å². The molecule has 1 atom stereocenters. The molecule has 1 unspecified atom stereocenters. The second-order valence-electron chi connectivity index (χ2n) is 3.68. The molecule has 0 fully saturated rings. The molecule has 1 nitrogen and oxygen atoms in total. The zero-order chi connectivity index (χ0) is 8.97. The molecule has 0 spiro atoms. The highest BCUT2D eigenvalue weighted by atomic mass is 14.7. The van der Waals surface area contributed by atoms with E-state index in [1.807, 2.05) is 6.21 Å². The van der Waals surface area contributed by atoms with Gasteiger partial charge in [0.25, 0.3) is 0 Å². The molecule has 0 aromatic carbocycles. The molecule has 0 aliphatic heterocycles. The molecule has 0 aromatic rings. The van der Waals surface area contributed by atoms with Crippen molar-refractivity contribution in [2.24, 2.45) is 10.9 Å². The van der Waals surface area contributed by atoms with E-state index in [0.717, 1.165) is 6.42 Å². The molecule has 0 saturated heterocycles. The number of aliphatic imine (C=N–C) groups is 1. The van der Waals surface area contributed by atoms with Gasteiger partial charge >= 0.3 is 0 Å². The fourth-order valence-corrected chi connectivity index (χ4v) is 1.79. The zero-order valence-corrected chi connectivity index (χ0v) is 8.43. The first kappa shape index (κ1) is 9.50. The quantitative estimate of drug-likeness (QED) is 0.555. The topological polar surface area (TPSA) is 12.4 Å². The third kappa shape index (κ3) is 2.20. The fraction of sp³-hybridized carbons (Fsp3) is 0.727. The van der Waals surface area contributed by atoms with Crippen LogP contribution in [-0.4, -0.2) is 6.21 Å². The highest BCUT2D eigenvalue weighted by molar-refractivity contribution is 5.58. The van der Waals surface area contributed by atoms with Gasteiger partial charge in [-0.1, -0.05) is 19.4 Å². The second kappa shape index (κ2) is 4.44. The molecule has 0 aromatic heterocycles. The normalized spacial score (nSPS) is 25.4. The van der Waals surface area contributed by atoms with Crippen LogP contribution in [0, 0.1) is 5.92 Å². The molecular weight excluding hydrogens is 146 g/mol. The Bertz CT molecular complexity index is 201. The van der Waals surface area contributed by atoms with Crippen LogP contribution < -0.4 is 0 Å². The lowest BCUT2D eigenvalue weighted by atomic mass is 9.89. The zero-order valence-electron chi connectivity index (χ0n) is 8.43. The molecule has 0 radical (unpaired) electrons. The minimum atomic E-state index is 0.682. The van der Waals surface area contributed by atoms with Crippen molar-refractivity contribution in [2.45, 2.75) is 46.5 Å². The molecule has 1 rings (SSSR count).